The molecule has 112 valence electrons. The minimum absolute atomic E-state index is 0.0734. The highest BCUT2D eigenvalue weighted by Crippen LogP contribution is 2.38. The number of hydrogen-bond donors (Lipinski definition) is 2. The van der Waals surface area contributed by atoms with E-state index in [2.05, 4.69) is 11.6 Å². The highest BCUT2D eigenvalue weighted by atomic mass is 35.5. The quantitative estimate of drug-likeness (QED) is 0.882. The van der Waals surface area contributed by atoms with Crippen molar-refractivity contribution in [2.45, 2.75) is 30.6 Å². The maximum atomic E-state index is 12.5. The maximum Gasteiger partial charge on any atom is 0.263 e. The zero-order chi connectivity index (χ0) is 15.0. The van der Waals surface area contributed by atoms with Gasteiger partial charge in [0.25, 0.3) is 5.91 Å². The van der Waals surface area contributed by atoms with Crippen LogP contribution in [0.1, 0.15) is 28.9 Å². The zero-order valence-corrected chi connectivity index (χ0v) is 14.1. The minimum atomic E-state index is -0.0734. The molecule has 1 aromatic carbocycles. The third-order valence-electron chi connectivity index (χ3n) is 3.98. The second-order valence-electron chi connectivity index (χ2n) is 5.24. The molecule has 1 fully saturated rings. The first-order valence-corrected chi connectivity index (χ1v) is 9.40. The van der Waals surface area contributed by atoms with Crippen LogP contribution in [0.4, 0.5) is 5.69 Å². The standard InChI is InChI=1S/C15H17ClN2OS2/c1-20-10-6-3-5-9(10)18-15(19)14-13(17)12-8(16)4-2-7-11(12)21-14/h2,4,7,9-10H,3,5-6,17H2,1H3,(H,18,19). The van der Waals surface area contributed by atoms with Crippen molar-refractivity contribution in [3.8, 4) is 0 Å². The lowest BCUT2D eigenvalue weighted by molar-refractivity contribution is 0.0943. The molecule has 6 heteroatoms. The van der Waals surface area contributed by atoms with Gasteiger partial charge in [-0.25, -0.2) is 0 Å². The normalized spacial score (nSPS) is 21.8. The summed E-state index contributed by atoms with van der Waals surface area (Å²) in [5, 5.41) is 5.05. The van der Waals surface area contributed by atoms with Crippen LogP contribution in [-0.4, -0.2) is 23.5 Å². The van der Waals surface area contributed by atoms with E-state index in [4.69, 9.17) is 17.3 Å². The van der Waals surface area contributed by atoms with Crippen LogP contribution in [0, 0.1) is 0 Å². The van der Waals surface area contributed by atoms with Gasteiger partial charge in [-0.1, -0.05) is 24.1 Å². The Kier molecular flexibility index (Phi) is 4.33. The smallest absolute Gasteiger partial charge is 0.263 e. The summed E-state index contributed by atoms with van der Waals surface area (Å²) in [4.78, 5) is 13.1. The Bertz CT molecular complexity index is 686. The Morgan fingerprint density at radius 2 is 2.29 bits per heavy atom. The summed E-state index contributed by atoms with van der Waals surface area (Å²) >= 11 is 9.42. The predicted molar refractivity (Wildman–Crippen MR) is 93.7 cm³/mol. The molecule has 1 aliphatic rings. The van der Waals surface area contributed by atoms with E-state index < -0.39 is 0 Å². The Balaban J connectivity index is 1.88. The van der Waals surface area contributed by atoms with Crippen LogP contribution in [0.5, 0.6) is 0 Å². The average Bonchev–Trinajstić information content (AvgIpc) is 3.04. The highest BCUT2D eigenvalue weighted by Gasteiger charge is 2.29. The van der Waals surface area contributed by atoms with Crippen molar-refractivity contribution in [3.05, 3.63) is 28.1 Å². The molecule has 3 N–H and O–H groups in total. The third kappa shape index (κ3) is 2.74. The molecule has 2 atom stereocenters. The number of thiophene rings is 1. The number of benzene rings is 1. The second kappa shape index (κ2) is 6.07. The summed E-state index contributed by atoms with van der Waals surface area (Å²) in [7, 11) is 0. The molecule has 3 rings (SSSR count). The number of amides is 1. The SMILES string of the molecule is CSC1CCCC1NC(=O)c1sc2cccc(Cl)c2c1N. The number of rotatable bonds is 3. The molecule has 1 aliphatic carbocycles. The second-order valence-corrected chi connectivity index (χ2v) is 7.78. The summed E-state index contributed by atoms with van der Waals surface area (Å²) in [5.41, 5.74) is 6.64. The lowest BCUT2D eigenvalue weighted by Crippen LogP contribution is -2.38. The number of nitrogen functional groups attached to an aromatic ring is 1. The molecule has 0 aliphatic heterocycles. The van der Waals surface area contributed by atoms with E-state index in [-0.39, 0.29) is 11.9 Å². The van der Waals surface area contributed by atoms with Gasteiger partial charge in [-0.2, -0.15) is 11.8 Å². The van der Waals surface area contributed by atoms with Crippen molar-refractivity contribution in [2.24, 2.45) is 0 Å². The summed E-state index contributed by atoms with van der Waals surface area (Å²) in [6.07, 6.45) is 5.48. The Morgan fingerprint density at radius 3 is 3.00 bits per heavy atom. The van der Waals surface area contributed by atoms with Crippen LogP contribution in [0.15, 0.2) is 18.2 Å². The molecule has 1 amide bonds. The molecule has 2 aromatic rings. The zero-order valence-electron chi connectivity index (χ0n) is 11.7. The van der Waals surface area contributed by atoms with Crippen molar-refractivity contribution >= 4 is 56.4 Å². The van der Waals surface area contributed by atoms with E-state index in [1.807, 2.05) is 23.9 Å². The van der Waals surface area contributed by atoms with Crippen molar-refractivity contribution in [2.75, 3.05) is 12.0 Å². The van der Waals surface area contributed by atoms with Gasteiger partial charge in [0.2, 0.25) is 0 Å². The lowest BCUT2D eigenvalue weighted by Gasteiger charge is -2.18. The van der Waals surface area contributed by atoms with E-state index in [9.17, 15) is 4.79 Å². The number of hydrogen-bond acceptors (Lipinski definition) is 4. The molecule has 0 saturated heterocycles. The Labute approximate surface area is 137 Å². The monoisotopic (exact) mass is 340 g/mol. The fourth-order valence-corrected chi connectivity index (χ4v) is 5.22. The number of nitrogens with one attached hydrogen (secondary N) is 1. The molecular weight excluding hydrogens is 324 g/mol. The van der Waals surface area contributed by atoms with Crippen molar-refractivity contribution in [1.29, 1.82) is 0 Å². The Morgan fingerprint density at radius 1 is 1.48 bits per heavy atom. The van der Waals surface area contributed by atoms with E-state index in [1.54, 1.807) is 6.07 Å². The molecule has 3 nitrogen and oxygen atoms in total. The molecule has 0 spiro atoms. The van der Waals surface area contributed by atoms with Crippen LogP contribution >= 0.6 is 34.7 Å². The molecule has 21 heavy (non-hydrogen) atoms. The summed E-state index contributed by atoms with van der Waals surface area (Å²) in [5.74, 6) is -0.0734. The summed E-state index contributed by atoms with van der Waals surface area (Å²) < 4.78 is 0.956. The van der Waals surface area contributed by atoms with Crippen molar-refractivity contribution in [3.63, 3.8) is 0 Å². The van der Waals surface area contributed by atoms with Gasteiger partial charge >= 0.3 is 0 Å². The van der Waals surface area contributed by atoms with Crippen LogP contribution < -0.4 is 11.1 Å². The number of halogens is 1. The molecular formula is C15H17ClN2OS2. The lowest BCUT2D eigenvalue weighted by atomic mass is 10.2. The third-order valence-corrected chi connectivity index (χ3v) is 6.63. The number of nitrogens with two attached hydrogens (primary N) is 1. The van der Waals surface area contributed by atoms with Gasteiger partial charge in [-0.05, 0) is 31.2 Å². The van der Waals surface area contributed by atoms with Crippen LogP contribution in [0.3, 0.4) is 0 Å². The van der Waals surface area contributed by atoms with Gasteiger partial charge in [0, 0.05) is 21.4 Å². The van der Waals surface area contributed by atoms with Gasteiger partial charge in [0.1, 0.15) is 4.88 Å². The molecule has 1 saturated carbocycles. The molecule has 0 radical (unpaired) electrons. The van der Waals surface area contributed by atoms with E-state index in [0.717, 1.165) is 16.5 Å². The van der Waals surface area contributed by atoms with Gasteiger partial charge in [-0.3, -0.25) is 4.79 Å². The van der Waals surface area contributed by atoms with Crippen LogP contribution in [0.2, 0.25) is 5.02 Å². The van der Waals surface area contributed by atoms with Crippen molar-refractivity contribution in [1.82, 2.24) is 5.32 Å². The number of carbonyl (C=O) groups excluding carboxylic acids is 1. The molecule has 1 aromatic heterocycles. The van der Waals surface area contributed by atoms with Gasteiger partial charge in [0.15, 0.2) is 0 Å². The fraction of sp³-hybridized carbons (Fsp3) is 0.400. The summed E-state index contributed by atoms with van der Waals surface area (Å²) in [6, 6.07) is 5.87. The topological polar surface area (TPSA) is 55.1 Å². The maximum absolute atomic E-state index is 12.5. The van der Waals surface area contributed by atoms with E-state index in [1.165, 1.54) is 24.2 Å². The van der Waals surface area contributed by atoms with Gasteiger partial charge in [-0.15, -0.1) is 11.3 Å². The van der Waals surface area contributed by atoms with E-state index in [0.29, 0.717) is 20.8 Å². The number of thioether (sulfide) groups is 1. The highest BCUT2D eigenvalue weighted by molar-refractivity contribution is 7.99. The first kappa shape index (κ1) is 15.0. The molecule has 2 unspecified atom stereocenters. The first-order chi connectivity index (χ1) is 10.1. The van der Waals surface area contributed by atoms with Crippen LogP contribution in [0.25, 0.3) is 10.1 Å². The fourth-order valence-electron chi connectivity index (χ4n) is 2.91. The largest absolute Gasteiger partial charge is 0.397 e. The number of fused-ring (bicyclic) bond motifs is 1. The first-order valence-electron chi connectivity index (χ1n) is 6.92. The number of carbonyl (C=O) groups is 1. The van der Waals surface area contributed by atoms with Crippen molar-refractivity contribution < 1.29 is 4.79 Å². The average molecular weight is 341 g/mol. The summed E-state index contributed by atoms with van der Waals surface area (Å²) in [6.45, 7) is 0. The van der Waals surface area contributed by atoms with Crippen LogP contribution in [-0.2, 0) is 0 Å². The van der Waals surface area contributed by atoms with Gasteiger partial charge < -0.3 is 11.1 Å². The van der Waals surface area contributed by atoms with E-state index >= 15 is 0 Å². The molecule has 1 heterocycles. The predicted octanol–water partition coefficient (Wildman–Crippen LogP) is 4.15. The Hall–Kier alpha value is -0.910. The molecule has 0 bridgehead atoms. The van der Waals surface area contributed by atoms with Gasteiger partial charge in [0.05, 0.1) is 10.7 Å². The number of anilines is 1. The minimum Gasteiger partial charge on any atom is -0.397 e.